The number of nitrogens with zero attached hydrogens (tertiary/aromatic N) is 3. The van der Waals surface area contributed by atoms with Crippen molar-refractivity contribution in [2.24, 2.45) is 5.92 Å². The Morgan fingerprint density at radius 2 is 1.95 bits per heavy atom. The number of aryl methyl sites for hydroxylation is 1. The summed E-state index contributed by atoms with van der Waals surface area (Å²) in [5.41, 5.74) is 1.26. The second-order valence-corrected chi connectivity index (χ2v) is 6.35. The summed E-state index contributed by atoms with van der Waals surface area (Å²) < 4.78 is 2.15. The first-order valence-electron chi connectivity index (χ1n) is 8.49. The van der Waals surface area contributed by atoms with Crippen LogP contribution in [0.2, 0.25) is 0 Å². The fourth-order valence-electron chi connectivity index (χ4n) is 3.56. The lowest BCUT2D eigenvalue weighted by molar-refractivity contribution is 0.174. The van der Waals surface area contributed by atoms with E-state index >= 15 is 0 Å². The zero-order valence-corrected chi connectivity index (χ0v) is 13.2. The number of hydrogen-bond acceptors (Lipinski definition) is 2. The molecule has 0 amide bonds. The highest BCUT2D eigenvalue weighted by Crippen LogP contribution is 2.21. The molecular weight excluding hydrogens is 258 g/mol. The van der Waals surface area contributed by atoms with Crippen LogP contribution >= 0.6 is 0 Å². The highest BCUT2D eigenvalue weighted by atomic mass is 15.3. The molecule has 0 saturated carbocycles. The van der Waals surface area contributed by atoms with E-state index in [0.717, 1.165) is 12.5 Å². The topological polar surface area (TPSA) is 21.1 Å². The van der Waals surface area contributed by atoms with Crippen molar-refractivity contribution in [1.29, 1.82) is 0 Å². The summed E-state index contributed by atoms with van der Waals surface area (Å²) >= 11 is 0. The first-order chi connectivity index (χ1) is 10.4. The highest BCUT2D eigenvalue weighted by Gasteiger charge is 2.17. The number of benzene rings is 1. The molecular formula is C18H27N3. The molecule has 0 N–H and O–H groups in total. The molecule has 0 spiro atoms. The van der Waals surface area contributed by atoms with E-state index in [9.17, 15) is 0 Å². The van der Waals surface area contributed by atoms with E-state index in [1.807, 2.05) is 6.20 Å². The molecule has 3 heteroatoms. The van der Waals surface area contributed by atoms with Gasteiger partial charge in [-0.2, -0.15) is 5.10 Å². The molecule has 1 aromatic carbocycles. The van der Waals surface area contributed by atoms with E-state index in [-0.39, 0.29) is 0 Å². The van der Waals surface area contributed by atoms with E-state index < -0.39 is 0 Å². The van der Waals surface area contributed by atoms with Crippen molar-refractivity contribution in [2.75, 3.05) is 19.6 Å². The summed E-state index contributed by atoms with van der Waals surface area (Å²) in [5.74, 6) is 0.987. The largest absolute Gasteiger partial charge is 0.303 e. The molecule has 0 radical (unpaired) electrons. The van der Waals surface area contributed by atoms with Crippen molar-refractivity contribution in [2.45, 2.75) is 45.6 Å². The number of aromatic nitrogens is 2. The van der Waals surface area contributed by atoms with Gasteiger partial charge in [0.25, 0.3) is 0 Å². The van der Waals surface area contributed by atoms with Gasteiger partial charge < -0.3 is 4.90 Å². The Morgan fingerprint density at radius 3 is 2.76 bits per heavy atom. The SMILES string of the molecule is CCCC1CCN(CCCn2ncc3ccccc32)CC1. The third-order valence-corrected chi connectivity index (χ3v) is 4.80. The van der Waals surface area contributed by atoms with Gasteiger partial charge in [-0.25, -0.2) is 0 Å². The van der Waals surface area contributed by atoms with Crippen molar-refractivity contribution < 1.29 is 0 Å². The average molecular weight is 285 g/mol. The fraction of sp³-hybridized carbons (Fsp3) is 0.611. The van der Waals surface area contributed by atoms with E-state index in [4.69, 9.17) is 0 Å². The number of hydrogen-bond donors (Lipinski definition) is 0. The Bertz CT molecular complexity index is 552. The van der Waals surface area contributed by atoms with Gasteiger partial charge in [0.15, 0.2) is 0 Å². The van der Waals surface area contributed by atoms with Gasteiger partial charge in [-0.1, -0.05) is 38.0 Å². The molecule has 114 valence electrons. The fourth-order valence-corrected chi connectivity index (χ4v) is 3.56. The number of para-hydroxylation sites is 1. The minimum absolute atomic E-state index is 0.987. The summed E-state index contributed by atoms with van der Waals surface area (Å²) in [4.78, 5) is 2.64. The van der Waals surface area contributed by atoms with Gasteiger partial charge in [0, 0.05) is 11.9 Å². The van der Waals surface area contributed by atoms with Crippen LogP contribution in [0.1, 0.15) is 39.0 Å². The molecule has 2 heterocycles. The molecule has 0 unspecified atom stereocenters. The maximum absolute atomic E-state index is 4.51. The molecule has 1 aromatic heterocycles. The van der Waals surface area contributed by atoms with Gasteiger partial charge in [-0.15, -0.1) is 0 Å². The molecule has 3 nitrogen and oxygen atoms in total. The number of likely N-dealkylation sites (tertiary alicyclic amines) is 1. The van der Waals surface area contributed by atoms with Crippen LogP contribution < -0.4 is 0 Å². The predicted molar refractivity (Wildman–Crippen MR) is 88.4 cm³/mol. The first kappa shape index (κ1) is 14.6. The quantitative estimate of drug-likeness (QED) is 0.801. The Morgan fingerprint density at radius 1 is 1.14 bits per heavy atom. The van der Waals surface area contributed by atoms with Crippen molar-refractivity contribution in [3.8, 4) is 0 Å². The van der Waals surface area contributed by atoms with E-state index in [0.29, 0.717) is 0 Å². The van der Waals surface area contributed by atoms with Gasteiger partial charge in [0.2, 0.25) is 0 Å². The molecule has 0 bridgehead atoms. The van der Waals surface area contributed by atoms with E-state index in [1.54, 1.807) is 0 Å². The Kier molecular flexibility index (Phi) is 4.91. The number of fused-ring (bicyclic) bond motifs is 1. The summed E-state index contributed by atoms with van der Waals surface area (Å²) in [5, 5.41) is 5.76. The lowest BCUT2D eigenvalue weighted by atomic mass is 9.92. The van der Waals surface area contributed by atoms with Gasteiger partial charge in [-0.3, -0.25) is 4.68 Å². The molecule has 21 heavy (non-hydrogen) atoms. The van der Waals surface area contributed by atoms with Crippen LogP contribution in [0.15, 0.2) is 30.5 Å². The van der Waals surface area contributed by atoms with Gasteiger partial charge in [-0.05, 0) is 50.9 Å². The molecule has 0 aliphatic carbocycles. The summed E-state index contributed by atoms with van der Waals surface area (Å²) in [6, 6.07) is 8.48. The standard InChI is InChI=1S/C18H27N3/c1-2-6-16-9-13-20(14-10-16)11-5-12-21-18-8-4-3-7-17(18)15-19-21/h3-4,7-8,15-16H,2,5-6,9-14H2,1H3. The third kappa shape index (κ3) is 3.65. The van der Waals surface area contributed by atoms with Crippen molar-refractivity contribution in [3.05, 3.63) is 30.5 Å². The zero-order valence-electron chi connectivity index (χ0n) is 13.2. The second kappa shape index (κ2) is 7.08. The van der Waals surface area contributed by atoms with E-state index in [1.165, 1.54) is 62.6 Å². The van der Waals surface area contributed by atoms with Crippen LogP contribution in [-0.2, 0) is 6.54 Å². The number of rotatable bonds is 6. The highest BCUT2D eigenvalue weighted by molar-refractivity contribution is 5.78. The van der Waals surface area contributed by atoms with Gasteiger partial charge in [0.05, 0.1) is 11.7 Å². The zero-order chi connectivity index (χ0) is 14.5. The van der Waals surface area contributed by atoms with Crippen molar-refractivity contribution in [1.82, 2.24) is 14.7 Å². The van der Waals surface area contributed by atoms with Gasteiger partial charge in [0.1, 0.15) is 0 Å². The van der Waals surface area contributed by atoms with E-state index in [2.05, 4.69) is 45.9 Å². The maximum atomic E-state index is 4.51. The summed E-state index contributed by atoms with van der Waals surface area (Å²) in [6.45, 7) is 7.14. The molecule has 2 aromatic rings. The lowest BCUT2D eigenvalue weighted by Gasteiger charge is -2.31. The molecule has 3 rings (SSSR count). The molecule has 0 atom stereocenters. The smallest absolute Gasteiger partial charge is 0.0682 e. The molecule has 1 fully saturated rings. The summed E-state index contributed by atoms with van der Waals surface area (Å²) in [7, 11) is 0. The van der Waals surface area contributed by atoms with Crippen LogP contribution in [0.5, 0.6) is 0 Å². The van der Waals surface area contributed by atoms with Crippen LogP contribution in [0.3, 0.4) is 0 Å². The Hall–Kier alpha value is -1.35. The summed E-state index contributed by atoms with van der Waals surface area (Å²) in [6.07, 6.45) is 8.75. The van der Waals surface area contributed by atoms with Crippen LogP contribution in [0.4, 0.5) is 0 Å². The normalized spacial score (nSPS) is 17.6. The van der Waals surface area contributed by atoms with Gasteiger partial charge >= 0.3 is 0 Å². The molecule has 1 aliphatic heterocycles. The Balaban J connectivity index is 1.44. The second-order valence-electron chi connectivity index (χ2n) is 6.35. The Labute approximate surface area is 127 Å². The number of piperidine rings is 1. The minimum atomic E-state index is 0.987. The minimum Gasteiger partial charge on any atom is -0.303 e. The maximum Gasteiger partial charge on any atom is 0.0682 e. The third-order valence-electron chi connectivity index (χ3n) is 4.80. The lowest BCUT2D eigenvalue weighted by Crippen LogP contribution is -2.34. The monoisotopic (exact) mass is 285 g/mol. The van der Waals surface area contributed by atoms with Crippen LogP contribution in [0, 0.1) is 5.92 Å². The predicted octanol–water partition coefficient (Wildman–Crippen LogP) is 3.94. The first-order valence-corrected chi connectivity index (χ1v) is 8.49. The van der Waals surface area contributed by atoms with Crippen molar-refractivity contribution >= 4 is 10.9 Å². The average Bonchev–Trinajstić information content (AvgIpc) is 2.93. The van der Waals surface area contributed by atoms with Crippen LogP contribution in [-0.4, -0.2) is 34.3 Å². The van der Waals surface area contributed by atoms with Crippen molar-refractivity contribution in [3.63, 3.8) is 0 Å². The molecule has 1 aliphatic rings. The van der Waals surface area contributed by atoms with Crippen LogP contribution in [0.25, 0.3) is 10.9 Å². The molecule has 1 saturated heterocycles.